The van der Waals surface area contributed by atoms with E-state index in [1.165, 1.54) is 19.1 Å². The first kappa shape index (κ1) is 18.0. The second kappa shape index (κ2) is 9.04. The van der Waals surface area contributed by atoms with Crippen molar-refractivity contribution >= 4 is 18.0 Å². The maximum absolute atomic E-state index is 11.7. The molecule has 0 unspecified atom stereocenters. The van der Waals surface area contributed by atoms with E-state index in [4.69, 9.17) is 14.7 Å². The number of carbonyl (C=O) groups is 3. The summed E-state index contributed by atoms with van der Waals surface area (Å²) < 4.78 is 14.6. The molecule has 8 heteroatoms. The zero-order chi connectivity index (χ0) is 17.2. The SMILES string of the molecule is CCOC(=O)NC(=O)COC(=O)[C@H](C)Oc1ccc(C#N)cc1. The number of imide groups is 1. The Morgan fingerprint density at radius 1 is 1.22 bits per heavy atom. The number of benzene rings is 1. The van der Waals surface area contributed by atoms with Crippen LogP contribution in [-0.4, -0.2) is 37.3 Å². The fraction of sp³-hybridized carbons (Fsp3) is 0.333. The van der Waals surface area contributed by atoms with Crippen molar-refractivity contribution < 1.29 is 28.6 Å². The van der Waals surface area contributed by atoms with Gasteiger partial charge in [0, 0.05) is 0 Å². The highest BCUT2D eigenvalue weighted by molar-refractivity contribution is 5.93. The minimum atomic E-state index is -0.960. The number of esters is 1. The standard InChI is InChI=1S/C15H16N2O6/c1-3-21-15(20)17-13(18)9-22-14(19)10(2)23-12-6-4-11(8-16)5-7-12/h4-7,10H,3,9H2,1-2H3,(H,17,18,20)/t10-/m0/s1. The van der Waals surface area contributed by atoms with Gasteiger partial charge in [0.05, 0.1) is 18.2 Å². The summed E-state index contributed by atoms with van der Waals surface area (Å²) in [4.78, 5) is 34.0. The van der Waals surface area contributed by atoms with Gasteiger partial charge in [-0.2, -0.15) is 5.26 Å². The summed E-state index contributed by atoms with van der Waals surface area (Å²) in [6.07, 6.45) is -1.87. The second-order valence-electron chi connectivity index (χ2n) is 4.27. The van der Waals surface area contributed by atoms with Crippen LogP contribution in [0.2, 0.25) is 0 Å². The summed E-state index contributed by atoms with van der Waals surface area (Å²) in [7, 11) is 0. The second-order valence-corrected chi connectivity index (χ2v) is 4.27. The van der Waals surface area contributed by atoms with E-state index in [2.05, 4.69) is 4.74 Å². The zero-order valence-corrected chi connectivity index (χ0v) is 12.7. The lowest BCUT2D eigenvalue weighted by Gasteiger charge is -2.13. The van der Waals surface area contributed by atoms with Crippen LogP contribution in [0.4, 0.5) is 4.79 Å². The molecule has 0 saturated carbocycles. The average molecular weight is 320 g/mol. The van der Waals surface area contributed by atoms with E-state index in [1.807, 2.05) is 11.4 Å². The van der Waals surface area contributed by atoms with Gasteiger partial charge < -0.3 is 14.2 Å². The average Bonchev–Trinajstić information content (AvgIpc) is 2.53. The van der Waals surface area contributed by atoms with Crippen molar-refractivity contribution in [2.24, 2.45) is 0 Å². The van der Waals surface area contributed by atoms with Gasteiger partial charge in [-0.15, -0.1) is 0 Å². The molecule has 0 bridgehead atoms. The lowest BCUT2D eigenvalue weighted by atomic mass is 10.2. The van der Waals surface area contributed by atoms with Crippen molar-refractivity contribution in [2.45, 2.75) is 20.0 Å². The topological polar surface area (TPSA) is 115 Å². The molecule has 0 radical (unpaired) electrons. The first-order chi connectivity index (χ1) is 11.0. The van der Waals surface area contributed by atoms with Crippen molar-refractivity contribution in [3.8, 4) is 11.8 Å². The summed E-state index contributed by atoms with van der Waals surface area (Å²) >= 11 is 0. The highest BCUT2D eigenvalue weighted by Crippen LogP contribution is 2.13. The van der Waals surface area contributed by atoms with E-state index < -0.39 is 30.7 Å². The van der Waals surface area contributed by atoms with Crippen LogP contribution in [0.5, 0.6) is 5.75 Å². The molecule has 0 aromatic heterocycles. The lowest BCUT2D eigenvalue weighted by Crippen LogP contribution is -2.36. The van der Waals surface area contributed by atoms with Crippen LogP contribution in [0.3, 0.4) is 0 Å². The van der Waals surface area contributed by atoms with Crippen LogP contribution in [-0.2, 0) is 19.1 Å². The smallest absolute Gasteiger partial charge is 0.413 e. The summed E-state index contributed by atoms with van der Waals surface area (Å²) in [6.45, 7) is 2.53. The number of ether oxygens (including phenoxy) is 3. The lowest BCUT2D eigenvalue weighted by molar-refractivity contribution is -0.154. The summed E-state index contributed by atoms with van der Waals surface area (Å²) in [5.74, 6) is -1.19. The quantitative estimate of drug-likeness (QED) is 0.781. The van der Waals surface area contributed by atoms with Gasteiger partial charge in [0.15, 0.2) is 12.7 Å². The molecule has 1 aromatic rings. The highest BCUT2D eigenvalue weighted by Gasteiger charge is 2.18. The molecule has 1 N–H and O–H groups in total. The van der Waals surface area contributed by atoms with E-state index in [1.54, 1.807) is 19.1 Å². The molecule has 1 rings (SSSR count). The molecule has 122 valence electrons. The molecule has 8 nitrogen and oxygen atoms in total. The van der Waals surface area contributed by atoms with Crippen molar-refractivity contribution in [2.75, 3.05) is 13.2 Å². The molecule has 0 spiro atoms. The van der Waals surface area contributed by atoms with Gasteiger partial charge in [-0.1, -0.05) is 0 Å². The Labute approximate surface area is 132 Å². The van der Waals surface area contributed by atoms with E-state index in [0.29, 0.717) is 11.3 Å². The van der Waals surface area contributed by atoms with E-state index in [-0.39, 0.29) is 6.61 Å². The van der Waals surface area contributed by atoms with Crippen LogP contribution >= 0.6 is 0 Å². The highest BCUT2D eigenvalue weighted by atomic mass is 16.6. The number of nitrogens with one attached hydrogen (secondary N) is 1. The molecule has 0 heterocycles. The molecule has 0 saturated heterocycles. The molecule has 0 fully saturated rings. The van der Waals surface area contributed by atoms with E-state index in [9.17, 15) is 14.4 Å². The predicted molar refractivity (Wildman–Crippen MR) is 77.4 cm³/mol. The molecule has 0 aliphatic heterocycles. The molecule has 0 aliphatic carbocycles. The normalized spacial score (nSPS) is 10.8. The third-order valence-electron chi connectivity index (χ3n) is 2.49. The third-order valence-corrected chi connectivity index (χ3v) is 2.49. The number of hydrogen-bond acceptors (Lipinski definition) is 7. The van der Waals surface area contributed by atoms with Crippen LogP contribution in [0, 0.1) is 11.3 Å². The maximum atomic E-state index is 11.7. The van der Waals surface area contributed by atoms with Gasteiger partial charge in [-0.25, -0.2) is 9.59 Å². The van der Waals surface area contributed by atoms with Gasteiger partial charge >= 0.3 is 12.1 Å². The molecule has 1 atom stereocenters. The Morgan fingerprint density at radius 2 is 1.87 bits per heavy atom. The van der Waals surface area contributed by atoms with Crippen LogP contribution in [0.15, 0.2) is 24.3 Å². The molecule has 0 aliphatic rings. The Bertz CT molecular complexity index is 605. The number of nitrogens with zero attached hydrogens (tertiary/aromatic N) is 1. The first-order valence-corrected chi connectivity index (χ1v) is 6.76. The van der Waals surface area contributed by atoms with Crippen molar-refractivity contribution in [1.82, 2.24) is 5.32 Å². The van der Waals surface area contributed by atoms with Gasteiger partial charge in [-0.05, 0) is 38.1 Å². The minimum Gasteiger partial charge on any atom is -0.479 e. The number of hydrogen-bond donors (Lipinski definition) is 1. The number of alkyl carbamates (subject to hydrolysis) is 1. The summed E-state index contributed by atoms with van der Waals surface area (Å²) in [6, 6.07) is 8.12. The molecular formula is C15H16N2O6. The maximum Gasteiger partial charge on any atom is 0.413 e. The Hall–Kier alpha value is -3.08. The largest absolute Gasteiger partial charge is 0.479 e. The Morgan fingerprint density at radius 3 is 2.43 bits per heavy atom. The van der Waals surface area contributed by atoms with Gasteiger partial charge in [0.2, 0.25) is 0 Å². The number of nitriles is 1. The van der Waals surface area contributed by atoms with Crippen molar-refractivity contribution in [3.05, 3.63) is 29.8 Å². The minimum absolute atomic E-state index is 0.119. The van der Waals surface area contributed by atoms with Crippen LogP contribution in [0.25, 0.3) is 0 Å². The fourth-order valence-electron chi connectivity index (χ4n) is 1.43. The predicted octanol–water partition coefficient (Wildman–Crippen LogP) is 1.14. The van der Waals surface area contributed by atoms with Crippen molar-refractivity contribution in [3.63, 3.8) is 0 Å². The number of amides is 2. The Balaban J connectivity index is 2.40. The summed E-state index contributed by atoms with van der Waals surface area (Å²) in [5.41, 5.74) is 0.461. The zero-order valence-electron chi connectivity index (χ0n) is 12.7. The van der Waals surface area contributed by atoms with Crippen LogP contribution < -0.4 is 10.1 Å². The van der Waals surface area contributed by atoms with Gasteiger partial charge in [0.25, 0.3) is 5.91 Å². The number of carbonyl (C=O) groups excluding carboxylic acids is 3. The van der Waals surface area contributed by atoms with Crippen LogP contribution in [0.1, 0.15) is 19.4 Å². The van der Waals surface area contributed by atoms with Gasteiger partial charge in [-0.3, -0.25) is 10.1 Å². The fourth-order valence-corrected chi connectivity index (χ4v) is 1.43. The van der Waals surface area contributed by atoms with Gasteiger partial charge in [0.1, 0.15) is 5.75 Å². The number of rotatable bonds is 6. The Kier molecular flexibility index (Phi) is 7.07. The van der Waals surface area contributed by atoms with E-state index >= 15 is 0 Å². The first-order valence-electron chi connectivity index (χ1n) is 6.76. The molecular weight excluding hydrogens is 304 g/mol. The third kappa shape index (κ3) is 6.48. The monoisotopic (exact) mass is 320 g/mol. The van der Waals surface area contributed by atoms with Crippen molar-refractivity contribution in [1.29, 1.82) is 5.26 Å². The summed E-state index contributed by atoms with van der Waals surface area (Å²) in [5, 5.41) is 10.6. The molecule has 1 aromatic carbocycles. The van der Waals surface area contributed by atoms with E-state index in [0.717, 1.165) is 0 Å². The molecule has 23 heavy (non-hydrogen) atoms. The molecule has 2 amide bonds.